The number of amides is 1. The van der Waals surface area contributed by atoms with Gasteiger partial charge in [-0.2, -0.15) is 0 Å². The highest BCUT2D eigenvalue weighted by Gasteiger charge is 2.18. The molecule has 30 heavy (non-hydrogen) atoms. The Morgan fingerprint density at radius 2 is 1.67 bits per heavy atom. The van der Waals surface area contributed by atoms with Crippen molar-refractivity contribution in [2.45, 2.75) is 50.4 Å². The maximum atomic E-state index is 12.7. The predicted molar refractivity (Wildman–Crippen MR) is 126 cm³/mol. The van der Waals surface area contributed by atoms with Crippen molar-refractivity contribution in [3.8, 4) is 5.75 Å². The normalized spacial score (nSPS) is 11.9. The second-order valence-corrected chi connectivity index (χ2v) is 8.74. The van der Waals surface area contributed by atoms with E-state index in [-0.39, 0.29) is 5.91 Å². The molecular weight excluding hydrogens is 390 g/mol. The number of rotatable bonds is 8. The first-order valence-electron chi connectivity index (χ1n) is 10.3. The van der Waals surface area contributed by atoms with Crippen LogP contribution < -0.4 is 10.1 Å². The van der Waals surface area contributed by atoms with E-state index < -0.39 is 6.10 Å². The predicted octanol–water partition coefficient (Wildman–Crippen LogP) is 6.82. The zero-order valence-corrected chi connectivity index (χ0v) is 18.8. The first kappa shape index (κ1) is 22.0. The number of thioether (sulfide) groups is 1. The van der Waals surface area contributed by atoms with E-state index in [4.69, 9.17) is 4.74 Å². The molecule has 1 amide bonds. The van der Waals surface area contributed by atoms with Crippen LogP contribution >= 0.6 is 11.8 Å². The van der Waals surface area contributed by atoms with Crippen molar-refractivity contribution in [2.24, 2.45) is 0 Å². The van der Waals surface area contributed by atoms with Gasteiger partial charge in [0.1, 0.15) is 5.75 Å². The third kappa shape index (κ3) is 5.90. The number of anilines is 1. The Hall–Kier alpha value is -2.72. The molecule has 0 radical (unpaired) electrons. The Bertz CT molecular complexity index is 985. The molecule has 0 saturated heterocycles. The van der Waals surface area contributed by atoms with Crippen LogP contribution in [-0.2, 0) is 10.5 Å². The summed E-state index contributed by atoms with van der Waals surface area (Å²) in [7, 11) is 0. The fraction of sp³-hybridized carbons (Fsp3) is 0.269. The molecule has 3 aromatic rings. The van der Waals surface area contributed by atoms with Gasteiger partial charge in [0.25, 0.3) is 5.91 Å². The highest BCUT2D eigenvalue weighted by Crippen LogP contribution is 2.28. The molecule has 0 heterocycles. The van der Waals surface area contributed by atoms with Crippen LogP contribution in [0.2, 0.25) is 0 Å². The van der Waals surface area contributed by atoms with Crippen LogP contribution in [0.15, 0.2) is 77.7 Å². The minimum absolute atomic E-state index is 0.150. The van der Waals surface area contributed by atoms with E-state index in [9.17, 15) is 4.79 Å². The summed E-state index contributed by atoms with van der Waals surface area (Å²) in [6, 6.07) is 24.4. The van der Waals surface area contributed by atoms with Gasteiger partial charge in [-0.1, -0.05) is 62.4 Å². The molecule has 1 N–H and O–H groups in total. The third-order valence-electron chi connectivity index (χ3n) is 4.91. The number of para-hydroxylation sites is 1. The molecule has 1 atom stereocenters. The van der Waals surface area contributed by atoms with E-state index in [0.717, 1.165) is 28.3 Å². The minimum Gasteiger partial charge on any atom is -0.481 e. The van der Waals surface area contributed by atoms with Crippen LogP contribution in [0.3, 0.4) is 0 Å². The summed E-state index contributed by atoms with van der Waals surface area (Å²) >= 11 is 1.80. The Balaban J connectivity index is 1.61. The molecule has 3 nitrogen and oxygen atoms in total. The maximum Gasteiger partial charge on any atom is 0.265 e. The molecule has 0 spiro atoms. The fourth-order valence-corrected chi connectivity index (χ4v) is 4.04. The third-order valence-corrected chi connectivity index (χ3v) is 5.99. The van der Waals surface area contributed by atoms with Crippen LogP contribution in [0.5, 0.6) is 5.75 Å². The molecule has 0 aliphatic rings. The number of benzene rings is 3. The van der Waals surface area contributed by atoms with E-state index in [1.807, 2.05) is 43.3 Å². The van der Waals surface area contributed by atoms with Gasteiger partial charge in [-0.3, -0.25) is 4.79 Å². The molecular formula is C26H29NO2S. The molecule has 0 saturated carbocycles. The van der Waals surface area contributed by atoms with Gasteiger partial charge >= 0.3 is 0 Å². The number of hydrogen-bond donors (Lipinski definition) is 1. The summed E-state index contributed by atoms with van der Waals surface area (Å²) in [5.74, 6) is 1.84. The minimum atomic E-state index is -0.586. The molecule has 0 aromatic heterocycles. The Morgan fingerprint density at radius 1 is 0.967 bits per heavy atom. The van der Waals surface area contributed by atoms with Gasteiger partial charge in [-0.25, -0.2) is 0 Å². The van der Waals surface area contributed by atoms with Crippen LogP contribution in [0.25, 0.3) is 0 Å². The number of carbonyl (C=O) groups is 1. The topological polar surface area (TPSA) is 38.3 Å². The van der Waals surface area contributed by atoms with Crippen molar-refractivity contribution in [3.63, 3.8) is 0 Å². The van der Waals surface area contributed by atoms with E-state index in [1.165, 1.54) is 10.5 Å². The van der Waals surface area contributed by atoms with Crippen LogP contribution in [0.4, 0.5) is 5.69 Å². The monoisotopic (exact) mass is 419 g/mol. The van der Waals surface area contributed by atoms with Gasteiger partial charge in [0.2, 0.25) is 0 Å². The first-order valence-corrected chi connectivity index (χ1v) is 11.3. The van der Waals surface area contributed by atoms with E-state index in [1.54, 1.807) is 18.7 Å². The zero-order valence-electron chi connectivity index (χ0n) is 18.0. The smallest absolute Gasteiger partial charge is 0.265 e. The summed E-state index contributed by atoms with van der Waals surface area (Å²) in [6.45, 7) is 8.04. The molecule has 4 heteroatoms. The average Bonchev–Trinajstić information content (AvgIpc) is 2.75. The summed E-state index contributed by atoms with van der Waals surface area (Å²) in [5.41, 5.74) is 4.20. The van der Waals surface area contributed by atoms with Crippen molar-refractivity contribution in [1.29, 1.82) is 0 Å². The first-order chi connectivity index (χ1) is 14.4. The molecule has 0 fully saturated rings. The van der Waals surface area contributed by atoms with E-state index >= 15 is 0 Å². The van der Waals surface area contributed by atoms with Crippen molar-refractivity contribution in [3.05, 3.63) is 89.5 Å². The summed E-state index contributed by atoms with van der Waals surface area (Å²) in [6.07, 6.45) is -0.586. The van der Waals surface area contributed by atoms with Crippen LogP contribution in [0.1, 0.15) is 43.4 Å². The SMILES string of the molecule is Cc1cc(CSc2ccccc2)ccc1NC(=O)[C@H](C)Oc1ccccc1C(C)C. The molecule has 0 aliphatic heterocycles. The second-order valence-electron chi connectivity index (χ2n) is 7.69. The van der Waals surface area contributed by atoms with Crippen LogP contribution in [-0.4, -0.2) is 12.0 Å². The van der Waals surface area contributed by atoms with Crippen molar-refractivity contribution < 1.29 is 9.53 Å². The largest absolute Gasteiger partial charge is 0.481 e. The van der Waals surface area contributed by atoms with Gasteiger partial charge in [0.15, 0.2) is 6.10 Å². The van der Waals surface area contributed by atoms with Gasteiger partial charge in [-0.15, -0.1) is 11.8 Å². The van der Waals surface area contributed by atoms with Gasteiger partial charge < -0.3 is 10.1 Å². The summed E-state index contributed by atoms with van der Waals surface area (Å²) < 4.78 is 5.98. The molecule has 3 rings (SSSR count). The lowest BCUT2D eigenvalue weighted by molar-refractivity contribution is -0.122. The lowest BCUT2D eigenvalue weighted by Gasteiger charge is -2.19. The lowest BCUT2D eigenvalue weighted by Crippen LogP contribution is -2.30. The molecule has 3 aromatic carbocycles. The summed E-state index contributed by atoms with van der Waals surface area (Å²) in [5, 5.41) is 3.01. The summed E-state index contributed by atoms with van der Waals surface area (Å²) in [4.78, 5) is 14.0. The Morgan fingerprint density at radius 3 is 2.37 bits per heavy atom. The standard InChI is InChI=1S/C26H29NO2S/c1-18(2)23-12-8-9-13-25(23)29-20(4)26(28)27-24-15-14-21(16-19(24)3)17-30-22-10-6-5-7-11-22/h5-16,18,20H,17H2,1-4H3,(H,27,28)/t20-/m0/s1. The average molecular weight is 420 g/mol. The zero-order chi connectivity index (χ0) is 21.5. The number of aryl methyl sites for hydroxylation is 1. The quantitative estimate of drug-likeness (QED) is 0.407. The van der Waals surface area contributed by atoms with E-state index in [0.29, 0.717) is 5.92 Å². The fourth-order valence-electron chi connectivity index (χ4n) is 3.18. The molecule has 0 bridgehead atoms. The molecule has 0 unspecified atom stereocenters. The Kier molecular flexibility index (Phi) is 7.58. The maximum absolute atomic E-state index is 12.7. The van der Waals surface area contributed by atoms with Crippen molar-refractivity contribution >= 4 is 23.4 Å². The Labute approximate surface area is 183 Å². The van der Waals surface area contributed by atoms with Gasteiger partial charge in [0, 0.05) is 16.3 Å². The number of ether oxygens (including phenoxy) is 1. The number of carbonyl (C=O) groups excluding carboxylic acids is 1. The highest BCUT2D eigenvalue weighted by atomic mass is 32.2. The van der Waals surface area contributed by atoms with Gasteiger partial charge in [-0.05, 0) is 60.7 Å². The second kappa shape index (κ2) is 10.4. The van der Waals surface area contributed by atoms with Gasteiger partial charge in [0.05, 0.1) is 0 Å². The van der Waals surface area contributed by atoms with Crippen molar-refractivity contribution in [1.82, 2.24) is 0 Å². The lowest BCUT2D eigenvalue weighted by atomic mass is 10.0. The molecule has 0 aliphatic carbocycles. The van der Waals surface area contributed by atoms with E-state index in [2.05, 4.69) is 55.6 Å². The highest BCUT2D eigenvalue weighted by molar-refractivity contribution is 7.98. The van der Waals surface area contributed by atoms with Crippen molar-refractivity contribution in [2.75, 3.05) is 5.32 Å². The molecule has 156 valence electrons. The van der Waals surface area contributed by atoms with Crippen LogP contribution in [0, 0.1) is 6.92 Å². The number of hydrogen-bond acceptors (Lipinski definition) is 3. The number of nitrogens with one attached hydrogen (secondary N) is 1.